The predicted octanol–water partition coefficient (Wildman–Crippen LogP) is 3.99. The van der Waals surface area contributed by atoms with Crippen molar-refractivity contribution < 1.29 is 9.47 Å². The maximum absolute atomic E-state index is 5.93. The van der Waals surface area contributed by atoms with Gasteiger partial charge in [0.25, 0.3) is 0 Å². The summed E-state index contributed by atoms with van der Waals surface area (Å²) < 4.78 is 11.6. The first-order chi connectivity index (χ1) is 13.0. The lowest BCUT2D eigenvalue weighted by atomic mass is 9.87. The third-order valence-electron chi connectivity index (χ3n) is 5.21. The zero-order valence-corrected chi connectivity index (χ0v) is 17.2. The summed E-state index contributed by atoms with van der Waals surface area (Å²) in [5, 5.41) is 3.68. The Balaban J connectivity index is 1.89. The van der Waals surface area contributed by atoms with Crippen molar-refractivity contribution in [1.29, 1.82) is 0 Å². The lowest BCUT2D eigenvalue weighted by molar-refractivity contribution is 0.261. The van der Waals surface area contributed by atoms with Gasteiger partial charge in [-0.25, -0.2) is 0 Å². The fourth-order valence-electron chi connectivity index (χ4n) is 3.59. The van der Waals surface area contributed by atoms with E-state index in [1.54, 1.807) is 7.11 Å². The largest absolute Gasteiger partial charge is 0.496 e. The third-order valence-corrected chi connectivity index (χ3v) is 5.21. The van der Waals surface area contributed by atoms with Crippen LogP contribution >= 0.6 is 0 Å². The Morgan fingerprint density at radius 2 is 1.93 bits per heavy atom. The van der Waals surface area contributed by atoms with Crippen LogP contribution in [0.2, 0.25) is 0 Å². The summed E-state index contributed by atoms with van der Waals surface area (Å²) >= 11 is 0. The van der Waals surface area contributed by atoms with Crippen LogP contribution in [-0.4, -0.2) is 45.8 Å². The second-order valence-corrected chi connectivity index (χ2v) is 7.81. The molecular weight excluding hydrogens is 336 g/mol. The summed E-state index contributed by atoms with van der Waals surface area (Å²) in [4.78, 5) is 2.13. The number of rotatable bonds is 7. The Labute approximate surface area is 163 Å². The maximum Gasteiger partial charge on any atom is 0.124 e. The van der Waals surface area contributed by atoms with E-state index in [0.717, 1.165) is 31.0 Å². The number of nitrogens with zero attached hydrogens (tertiary/aromatic N) is 1. The molecule has 1 N–H and O–H groups in total. The average molecular weight is 369 g/mol. The van der Waals surface area contributed by atoms with Gasteiger partial charge in [0.1, 0.15) is 18.1 Å². The molecule has 0 bridgehead atoms. The number of methoxy groups -OCH3 is 1. The number of fused-ring (bicyclic) bond motifs is 1. The van der Waals surface area contributed by atoms with Gasteiger partial charge in [-0.2, -0.15) is 0 Å². The molecule has 1 aliphatic rings. The molecule has 1 aliphatic heterocycles. The predicted molar refractivity (Wildman–Crippen MR) is 111 cm³/mol. The molecule has 0 saturated heterocycles. The highest BCUT2D eigenvalue weighted by molar-refractivity contribution is 5.49. The van der Waals surface area contributed by atoms with Crippen molar-refractivity contribution in [3.63, 3.8) is 0 Å². The lowest BCUT2D eigenvalue weighted by Crippen LogP contribution is -2.31. The first-order valence-corrected chi connectivity index (χ1v) is 9.81. The number of hydrogen-bond donors (Lipinski definition) is 1. The molecule has 1 atom stereocenters. The first kappa shape index (κ1) is 19.7. The smallest absolute Gasteiger partial charge is 0.124 e. The van der Waals surface area contributed by atoms with Gasteiger partial charge >= 0.3 is 0 Å². The van der Waals surface area contributed by atoms with E-state index in [4.69, 9.17) is 9.47 Å². The Kier molecular flexibility index (Phi) is 6.40. The molecule has 0 amide bonds. The van der Waals surface area contributed by atoms with E-state index >= 15 is 0 Å². The number of nitrogens with one attached hydrogen (secondary N) is 1. The van der Waals surface area contributed by atoms with Crippen LogP contribution in [0.4, 0.5) is 0 Å². The van der Waals surface area contributed by atoms with E-state index < -0.39 is 0 Å². The Morgan fingerprint density at radius 1 is 1.11 bits per heavy atom. The standard InChI is InChI=1S/C23H32N2O2/c1-16(2)17-6-9-22(26-5)21(15-17)23-20-8-7-19(27-13-12-25(3)4)14-18(20)10-11-24-23/h6-9,14-16,23-24H,10-13H2,1-5H3. The second-order valence-electron chi connectivity index (χ2n) is 7.81. The van der Waals surface area contributed by atoms with Crippen molar-refractivity contribution in [3.05, 3.63) is 58.7 Å². The van der Waals surface area contributed by atoms with Crippen molar-refractivity contribution in [1.82, 2.24) is 10.2 Å². The number of benzene rings is 2. The van der Waals surface area contributed by atoms with Crippen LogP contribution < -0.4 is 14.8 Å². The quantitative estimate of drug-likeness (QED) is 0.801. The molecule has 0 aliphatic carbocycles. The molecule has 3 rings (SSSR count). The third kappa shape index (κ3) is 4.63. The highest BCUT2D eigenvalue weighted by atomic mass is 16.5. The fraction of sp³-hybridized carbons (Fsp3) is 0.478. The van der Waals surface area contributed by atoms with Crippen LogP contribution in [0, 0.1) is 0 Å². The van der Waals surface area contributed by atoms with E-state index in [1.165, 1.54) is 22.3 Å². The van der Waals surface area contributed by atoms with Crippen molar-refractivity contribution in [3.8, 4) is 11.5 Å². The highest BCUT2D eigenvalue weighted by Gasteiger charge is 2.25. The van der Waals surface area contributed by atoms with Crippen molar-refractivity contribution >= 4 is 0 Å². The summed E-state index contributed by atoms with van der Waals surface area (Å²) in [5.41, 5.74) is 5.23. The molecule has 4 nitrogen and oxygen atoms in total. The van der Waals surface area contributed by atoms with Crippen LogP contribution in [0.5, 0.6) is 11.5 Å². The molecule has 0 saturated carbocycles. The maximum atomic E-state index is 5.93. The van der Waals surface area contributed by atoms with Crippen molar-refractivity contribution in [2.24, 2.45) is 0 Å². The minimum absolute atomic E-state index is 0.151. The summed E-state index contributed by atoms with van der Waals surface area (Å²) in [7, 11) is 5.87. The topological polar surface area (TPSA) is 33.7 Å². The molecule has 0 spiro atoms. The lowest BCUT2D eigenvalue weighted by Gasteiger charge is -2.29. The van der Waals surface area contributed by atoms with Crippen molar-refractivity contribution in [2.45, 2.75) is 32.2 Å². The summed E-state index contributed by atoms with van der Waals surface area (Å²) in [6.07, 6.45) is 1.02. The Hall–Kier alpha value is -2.04. The molecule has 4 heteroatoms. The van der Waals surface area contributed by atoms with Gasteiger partial charge in [-0.15, -0.1) is 0 Å². The fourth-order valence-corrected chi connectivity index (χ4v) is 3.59. The number of likely N-dealkylation sites (N-methyl/N-ethyl adjacent to an activating group) is 1. The summed E-state index contributed by atoms with van der Waals surface area (Å²) in [6.45, 7) is 7.03. The monoisotopic (exact) mass is 368 g/mol. The SMILES string of the molecule is COc1ccc(C(C)C)cc1C1NCCc2cc(OCCN(C)C)ccc21. The summed E-state index contributed by atoms with van der Waals surface area (Å²) in [6, 6.07) is 13.2. The van der Waals surface area contributed by atoms with Gasteiger partial charge in [0.05, 0.1) is 13.2 Å². The van der Waals surface area contributed by atoms with Crippen molar-refractivity contribution in [2.75, 3.05) is 40.9 Å². The molecule has 146 valence electrons. The molecule has 0 aromatic heterocycles. The molecule has 0 radical (unpaired) electrons. The van der Waals surface area contributed by atoms with E-state index in [0.29, 0.717) is 12.5 Å². The van der Waals surface area contributed by atoms with Gasteiger partial charge in [-0.1, -0.05) is 26.0 Å². The van der Waals surface area contributed by atoms with E-state index in [9.17, 15) is 0 Å². The second kappa shape index (κ2) is 8.77. The van der Waals surface area contributed by atoms with Gasteiger partial charge in [0.2, 0.25) is 0 Å². The van der Waals surface area contributed by atoms with Gasteiger partial charge in [0, 0.05) is 18.7 Å². The minimum atomic E-state index is 0.151. The Bertz CT molecular complexity index is 771. The van der Waals surface area contributed by atoms with Crippen LogP contribution in [0.15, 0.2) is 36.4 Å². The zero-order valence-electron chi connectivity index (χ0n) is 17.2. The first-order valence-electron chi connectivity index (χ1n) is 9.81. The molecule has 2 aromatic rings. The molecular formula is C23H32N2O2. The van der Waals surface area contributed by atoms with Crippen LogP contribution in [-0.2, 0) is 6.42 Å². The molecule has 1 unspecified atom stereocenters. The van der Waals surface area contributed by atoms with Gasteiger partial charge in [-0.3, -0.25) is 0 Å². The molecule has 1 heterocycles. The normalized spacial score (nSPS) is 16.5. The zero-order chi connectivity index (χ0) is 19.4. The van der Waals surface area contributed by atoms with Crippen LogP contribution in [0.25, 0.3) is 0 Å². The van der Waals surface area contributed by atoms with Gasteiger partial charge in [0.15, 0.2) is 0 Å². The highest BCUT2D eigenvalue weighted by Crippen LogP contribution is 2.37. The van der Waals surface area contributed by atoms with Gasteiger partial charge < -0.3 is 19.7 Å². The Morgan fingerprint density at radius 3 is 2.63 bits per heavy atom. The van der Waals surface area contributed by atoms with E-state index in [-0.39, 0.29) is 6.04 Å². The van der Waals surface area contributed by atoms with E-state index in [2.05, 4.69) is 74.6 Å². The molecule has 0 fully saturated rings. The molecule has 27 heavy (non-hydrogen) atoms. The van der Waals surface area contributed by atoms with E-state index in [1.807, 2.05) is 0 Å². The minimum Gasteiger partial charge on any atom is -0.496 e. The molecule has 2 aromatic carbocycles. The number of hydrogen-bond acceptors (Lipinski definition) is 4. The summed E-state index contributed by atoms with van der Waals surface area (Å²) in [5.74, 6) is 2.39. The van der Waals surface area contributed by atoms with Crippen LogP contribution in [0.3, 0.4) is 0 Å². The van der Waals surface area contributed by atoms with Crippen LogP contribution in [0.1, 0.15) is 48.1 Å². The number of ether oxygens (including phenoxy) is 2. The van der Waals surface area contributed by atoms with Gasteiger partial charge in [-0.05, 0) is 67.4 Å². The average Bonchev–Trinajstić information content (AvgIpc) is 2.66.